The average molecular weight is 404 g/mol. The lowest BCUT2D eigenvalue weighted by atomic mass is 10.1. The predicted octanol–water partition coefficient (Wildman–Crippen LogP) is 3.60. The van der Waals surface area contributed by atoms with Gasteiger partial charge in [0.25, 0.3) is 0 Å². The van der Waals surface area contributed by atoms with Crippen molar-refractivity contribution in [2.45, 2.75) is 26.8 Å². The summed E-state index contributed by atoms with van der Waals surface area (Å²) in [4.78, 5) is 17.1. The lowest BCUT2D eigenvalue weighted by Crippen LogP contribution is -2.35. The molecule has 0 fully saturated rings. The monoisotopic (exact) mass is 403 g/mol. The Kier molecular flexibility index (Phi) is 9.54. The molecule has 0 aliphatic carbocycles. The van der Waals surface area contributed by atoms with E-state index in [2.05, 4.69) is 41.1 Å². The molecule has 6 heteroatoms. The molecule has 2 rings (SSSR count). The number of hydrogen-bond acceptors (Lipinski definition) is 5. The summed E-state index contributed by atoms with van der Waals surface area (Å²) in [6, 6.07) is 18.5. The van der Waals surface area contributed by atoms with E-state index >= 15 is 0 Å². The largest absolute Gasteiger partial charge is 0.325 e. The Balaban J connectivity index is 1.99. The fourth-order valence-electron chi connectivity index (χ4n) is 3.25. The molecule has 30 heavy (non-hydrogen) atoms. The molecule has 0 atom stereocenters. The molecule has 2 aromatic rings. The smallest absolute Gasteiger partial charge is 0.238 e. The van der Waals surface area contributed by atoms with E-state index in [4.69, 9.17) is 10.5 Å². The van der Waals surface area contributed by atoms with Crippen LogP contribution < -0.4 is 5.32 Å². The topological polar surface area (TPSA) is 83.2 Å². The molecule has 0 radical (unpaired) electrons. The molecule has 0 unspecified atom stereocenters. The Morgan fingerprint density at radius 1 is 0.867 bits per heavy atom. The first-order chi connectivity index (χ1) is 14.6. The minimum absolute atomic E-state index is 0.0869. The van der Waals surface area contributed by atoms with Crippen molar-refractivity contribution in [1.82, 2.24) is 9.80 Å². The molecule has 156 valence electrons. The quantitative estimate of drug-likeness (QED) is 0.620. The molecule has 0 aliphatic heterocycles. The van der Waals surface area contributed by atoms with E-state index in [9.17, 15) is 4.79 Å². The Morgan fingerprint density at radius 3 is 1.93 bits per heavy atom. The summed E-state index contributed by atoms with van der Waals surface area (Å²) in [5.41, 5.74) is 2.95. The Bertz CT molecular complexity index is 874. The van der Waals surface area contributed by atoms with Crippen LogP contribution in [0.5, 0.6) is 0 Å². The molecule has 1 amide bonds. The van der Waals surface area contributed by atoms with Gasteiger partial charge in [-0.25, -0.2) is 0 Å². The van der Waals surface area contributed by atoms with Crippen molar-refractivity contribution in [1.29, 1.82) is 10.5 Å². The van der Waals surface area contributed by atoms with Crippen LogP contribution in [0.1, 0.15) is 37.0 Å². The second kappa shape index (κ2) is 12.4. The number of anilines is 1. The highest BCUT2D eigenvalue weighted by Crippen LogP contribution is 2.11. The van der Waals surface area contributed by atoms with Crippen molar-refractivity contribution in [3.63, 3.8) is 0 Å². The van der Waals surface area contributed by atoms with Crippen molar-refractivity contribution < 1.29 is 4.79 Å². The van der Waals surface area contributed by atoms with Gasteiger partial charge in [0.15, 0.2) is 0 Å². The van der Waals surface area contributed by atoms with Gasteiger partial charge < -0.3 is 10.2 Å². The second-order valence-corrected chi connectivity index (χ2v) is 7.14. The molecule has 0 aromatic heterocycles. The van der Waals surface area contributed by atoms with E-state index in [0.29, 0.717) is 23.4 Å². The van der Waals surface area contributed by atoms with Gasteiger partial charge in [0.2, 0.25) is 5.91 Å². The molecule has 0 aliphatic rings. The third-order valence-corrected chi connectivity index (χ3v) is 5.00. The van der Waals surface area contributed by atoms with Gasteiger partial charge >= 0.3 is 0 Å². The van der Waals surface area contributed by atoms with Gasteiger partial charge in [-0.1, -0.05) is 26.0 Å². The zero-order chi connectivity index (χ0) is 21.8. The summed E-state index contributed by atoms with van der Waals surface area (Å²) < 4.78 is 0. The SMILES string of the molecule is CCN(CC)CCCN(CC(=O)Nc1ccc(C#N)cc1)Cc1ccc(C#N)cc1. The van der Waals surface area contributed by atoms with Gasteiger partial charge in [0.1, 0.15) is 0 Å². The molecule has 2 aromatic carbocycles. The van der Waals surface area contributed by atoms with Gasteiger partial charge in [0, 0.05) is 18.8 Å². The third-order valence-electron chi connectivity index (χ3n) is 5.00. The Labute approximate surface area is 179 Å². The van der Waals surface area contributed by atoms with Crippen LogP contribution in [0.25, 0.3) is 0 Å². The van der Waals surface area contributed by atoms with E-state index < -0.39 is 0 Å². The van der Waals surface area contributed by atoms with Gasteiger partial charge in [0.05, 0.1) is 29.8 Å². The van der Waals surface area contributed by atoms with Gasteiger partial charge in [-0.15, -0.1) is 0 Å². The average Bonchev–Trinajstić information content (AvgIpc) is 2.77. The number of amides is 1. The standard InChI is InChI=1S/C24H29N5O/c1-3-28(4-2)14-5-15-29(18-22-8-6-20(16-25)7-9-22)19-24(30)27-23-12-10-21(17-26)11-13-23/h6-13H,3-5,14-15,18-19H2,1-2H3,(H,27,30). The van der Waals surface area contributed by atoms with Crippen LogP contribution in [-0.2, 0) is 11.3 Å². The number of nitrogens with one attached hydrogen (secondary N) is 1. The molecule has 0 spiro atoms. The number of carbonyl (C=O) groups is 1. The van der Waals surface area contributed by atoms with Crippen LogP contribution in [-0.4, -0.2) is 48.4 Å². The van der Waals surface area contributed by atoms with Crippen molar-refractivity contribution in [2.24, 2.45) is 0 Å². The molecule has 0 bridgehead atoms. The number of nitrogens with zero attached hydrogens (tertiary/aromatic N) is 4. The summed E-state index contributed by atoms with van der Waals surface area (Å²) in [6.07, 6.45) is 0.974. The van der Waals surface area contributed by atoms with Gasteiger partial charge in [-0.3, -0.25) is 9.69 Å². The molecule has 0 saturated carbocycles. The van der Waals surface area contributed by atoms with Crippen LogP contribution in [0.4, 0.5) is 5.69 Å². The van der Waals surface area contributed by atoms with Crippen molar-refractivity contribution in [2.75, 3.05) is 38.0 Å². The molecule has 1 N–H and O–H groups in total. The van der Waals surface area contributed by atoms with Crippen LogP contribution >= 0.6 is 0 Å². The zero-order valence-electron chi connectivity index (χ0n) is 17.8. The zero-order valence-corrected chi connectivity index (χ0v) is 17.8. The van der Waals surface area contributed by atoms with E-state index in [1.54, 1.807) is 36.4 Å². The summed E-state index contributed by atoms with van der Waals surface area (Å²) in [5, 5.41) is 20.8. The normalized spacial score (nSPS) is 10.6. The first-order valence-corrected chi connectivity index (χ1v) is 10.3. The first kappa shape index (κ1) is 23.1. The van der Waals surface area contributed by atoms with Crippen LogP contribution in [0.15, 0.2) is 48.5 Å². The number of nitriles is 2. The molecule has 0 heterocycles. The van der Waals surface area contributed by atoms with Crippen LogP contribution in [0.2, 0.25) is 0 Å². The Morgan fingerprint density at radius 2 is 1.40 bits per heavy atom. The lowest BCUT2D eigenvalue weighted by molar-refractivity contribution is -0.117. The maximum absolute atomic E-state index is 12.6. The van der Waals surface area contributed by atoms with Crippen LogP contribution in [0.3, 0.4) is 0 Å². The molecule has 6 nitrogen and oxygen atoms in total. The first-order valence-electron chi connectivity index (χ1n) is 10.3. The molecule has 0 saturated heterocycles. The summed E-state index contributed by atoms with van der Waals surface area (Å²) >= 11 is 0. The lowest BCUT2D eigenvalue weighted by Gasteiger charge is -2.24. The van der Waals surface area contributed by atoms with E-state index in [-0.39, 0.29) is 12.5 Å². The van der Waals surface area contributed by atoms with Gasteiger partial charge in [-0.05, 0) is 68.0 Å². The number of carbonyl (C=O) groups excluding carboxylic acids is 1. The van der Waals surface area contributed by atoms with Crippen LogP contribution in [0, 0.1) is 22.7 Å². The highest BCUT2D eigenvalue weighted by Gasteiger charge is 2.13. The van der Waals surface area contributed by atoms with Gasteiger partial charge in [-0.2, -0.15) is 10.5 Å². The van der Waals surface area contributed by atoms with E-state index in [1.807, 2.05) is 12.1 Å². The number of benzene rings is 2. The molecular weight excluding hydrogens is 374 g/mol. The van der Waals surface area contributed by atoms with E-state index in [1.165, 1.54) is 0 Å². The Hall–Kier alpha value is -3.19. The van der Waals surface area contributed by atoms with Crippen molar-refractivity contribution in [3.8, 4) is 12.1 Å². The maximum atomic E-state index is 12.6. The summed E-state index contributed by atoms with van der Waals surface area (Å²) in [6.45, 7) is 9.07. The summed E-state index contributed by atoms with van der Waals surface area (Å²) in [7, 11) is 0. The highest BCUT2D eigenvalue weighted by atomic mass is 16.2. The number of hydrogen-bond donors (Lipinski definition) is 1. The highest BCUT2D eigenvalue weighted by molar-refractivity contribution is 5.92. The minimum Gasteiger partial charge on any atom is -0.325 e. The van der Waals surface area contributed by atoms with Crippen molar-refractivity contribution in [3.05, 3.63) is 65.2 Å². The second-order valence-electron chi connectivity index (χ2n) is 7.14. The van der Waals surface area contributed by atoms with Crippen molar-refractivity contribution >= 4 is 11.6 Å². The summed E-state index contributed by atoms with van der Waals surface area (Å²) in [5.74, 6) is -0.0869. The number of rotatable bonds is 11. The minimum atomic E-state index is -0.0869. The predicted molar refractivity (Wildman–Crippen MR) is 119 cm³/mol. The maximum Gasteiger partial charge on any atom is 0.238 e. The fourth-order valence-corrected chi connectivity index (χ4v) is 3.25. The van der Waals surface area contributed by atoms with E-state index in [0.717, 1.165) is 38.2 Å². The fraction of sp³-hybridized carbons (Fsp3) is 0.375. The molecular formula is C24H29N5O. The third kappa shape index (κ3) is 7.67.